The molecule has 2 unspecified atom stereocenters. The fourth-order valence-electron chi connectivity index (χ4n) is 0.864. The molecule has 0 aliphatic rings. The van der Waals surface area contributed by atoms with Crippen LogP contribution in [0.15, 0.2) is 0 Å². The monoisotopic (exact) mass is 194 g/mol. The molecule has 0 saturated heterocycles. The van der Waals surface area contributed by atoms with Gasteiger partial charge in [0.1, 0.15) is 0 Å². The predicted octanol–water partition coefficient (Wildman–Crippen LogP) is 2.11. The van der Waals surface area contributed by atoms with Gasteiger partial charge in [0.05, 0.1) is 4.58 Å². The van der Waals surface area contributed by atoms with E-state index in [1.807, 2.05) is 13.2 Å². The van der Waals surface area contributed by atoms with Crippen LogP contribution in [0.4, 0.5) is 0 Å². The van der Waals surface area contributed by atoms with Crippen molar-refractivity contribution in [1.82, 2.24) is 0 Å². The molecule has 0 bridgehead atoms. The molecule has 0 spiro atoms. The molecule has 0 saturated carbocycles. The fraction of sp³-hybridized carbons (Fsp3) is 0.857. The van der Waals surface area contributed by atoms with Gasteiger partial charge in [-0.2, -0.15) is 24.4 Å². The zero-order valence-corrected chi connectivity index (χ0v) is 8.49. The molecule has 2 nitrogen and oxygen atoms in total. The van der Waals surface area contributed by atoms with Gasteiger partial charge in [-0.3, -0.25) is 4.79 Å². The lowest BCUT2D eigenvalue weighted by atomic mass is 10.1. The van der Waals surface area contributed by atoms with Crippen LogP contribution in [0.5, 0.6) is 0 Å². The molecule has 0 aromatic heterocycles. The van der Waals surface area contributed by atoms with Gasteiger partial charge < -0.3 is 5.11 Å². The highest BCUT2D eigenvalue weighted by molar-refractivity contribution is 8.09. The van der Waals surface area contributed by atoms with Gasteiger partial charge in [0.2, 0.25) is 0 Å². The van der Waals surface area contributed by atoms with Crippen molar-refractivity contribution in [3.63, 3.8) is 0 Å². The maximum atomic E-state index is 10.3. The second-order valence-electron chi connectivity index (χ2n) is 2.39. The number of carbonyl (C=O) groups is 1. The lowest BCUT2D eigenvalue weighted by Gasteiger charge is -2.17. The van der Waals surface area contributed by atoms with Crippen LogP contribution in [0.25, 0.3) is 0 Å². The highest BCUT2D eigenvalue weighted by atomic mass is 32.2. The van der Waals surface area contributed by atoms with Gasteiger partial charge in [-0.15, -0.1) is 0 Å². The SMILES string of the molecule is CCC(CC(=O)O)C(S)SC. The molecular weight excluding hydrogens is 180 g/mol. The van der Waals surface area contributed by atoms with Gasteiger partial charge in [-0.25, -0.2) is 0 Å². The average Bonchev–Trinajstić information content (AvgIpc) is 1.98. The first-order valence-corrected chi connectivity index (χ1v) is 5.34. The molecule has 0 aliphatic heterocycles. The van der Waals surface area contributed by atoms with Crippen molar-refractivity contribution < 1.29 is 9.90 Å². The van der Waals surface area contributed by atoms with E-state index in [2.05, 4.69) is 12.6 Å². The molecular formula is C7H14O2S2. The Morgan fingerprint density at radius 1 is 1.73 bits per heavy atom. The van der Waals surface area contributed by atoms with Crippen molar-refractivity contribution in [2.75, 3.05) is 6.26 Å². The second kappa shape index (κ2) is 5.77. The Balaban J connectivity index is 3.84. The quantitative estimate of drug-likeness (QED) is 0.520. The van der Waals surface area contributed by atoms with E-state index in [1.165, 1.54) is 0 Å². The lowest BCUT2D eigenvalue weighted by molar-refractivity contribution is -0.138. The van der Waals surface area contributed by atoms with Gasteiger partial charge in [-0.05, 0) is 12.2 Å². The van der Waals surface area contributed by atoms with Crippen LogP contribution in [0.2, 0.25) is 0 Å². The first kappa shape index (κ1) is 11.2. The van der Waals surface area contributed by atoms with E-state index >= 15 is 0 Å². The standard InChI is InChI=1S/C7H14O2S2/c1-3-5(4-6(8)9)7(10)11-2/h5,7,10H,3-4H2,1-2H3,(H,8,9). The van der Waals surface area contributed by atoms with E-state index < -0.39 is 5.97 Å². The van der Waals surface area contributed by atoms with Crippen LogP contribution >= 0.6 is 24.4 Å². The van der Waals surface area contributed by atoms with Crippen molar-refractivity contribution in [2.45, 2.75) is 24.3 Å². The van der Waals surface area contributed by atoms with Crippen molar-refractivity contribution in [3.8, 4) is 0 Å². The van der Waals surface area contributed by atoms with E-state index in [1.54, 1.807) is 11.8 Å². The Kier molecular flexibility index (Phi) is 5.86. The number of rotatable bonds is 5. The normalized spacial score (nSPS) is 15.9. The molecule has 0 aliphatic carbocycles. The lowest BCUT2D eigenvalue weighted by Crippen LogP contribution is -2.15. The fourth-order valence-corrected chi connectivity index (χ4v) is 1.85. The summed E-state index contributed by atoms with van der Waals surface area (Å²) >= 11 is 5.88. The molecule has 11 heavy (non-hydrogen) atoms. The number of thioether (sulfide) groups is 1. The van der Waals surface area contributed by atoms with Crippen LogP contribution < -0.4 is 0 Å². The van der Waals surface area contributed by atoms with Gasteiger partial charge in [0.15, 0.2) is 0 Å². The Bertz CT molecular complexity index is 128. The van der Waals surface area contributed by atoms with Gasteiger partial charge >= 0.3 is 5.97 Å². The zero-order valence-electron chi connectivity index (χ0n) is 6.78. The van der Waals surface area contributed by atoms with Crippen molar-refractivity contribution in [3.05, 3.63) is 0 Å². The summed E-state index contributed by atoms with van der Waals surface area (Å²) in [5.41, 5.74) is 0. The van der Waals surface area contributed by atoms with Crippen LogP contribution in [0.1, 0.15) is 19.8 Å². The van der Waals surface area contributed by atoms with E-state index in [9.17, 15) is 4.79 Å². The average molecular weight is 194 g/mol. The molecule has 0 aromatic carbocycles. The molecule has 0 amide bonds. The Morgan fingerprint density at radius 3 is 2.55 bits per heavy atom. The second-order valence-corrected chi connectivity index (χ2v) is 4.28. The number of thiol groups is 1. The van der Waals surface area contributed by atoms with Gasteiger partial charge in [0.25, 0.3) is 0 Å². The van der Waals surface area contributed by atoms with Crippen molar-refractivity contribution in [1.29, 1.82) is 0 Å². The topological polar surface area (TPSA) is 37.3 Å². The molecule has 4 heteroatoms. The van der Waals surface area contributed by atoms with E-state index in [-0.39, 0.29) is 16.9 Å². The third kappa shape index (κ3) is 4.58. The predicted molar refractivity (Wildman–Crippen MR) is 52.3 cm³/mol. The molecule has 0 rings (SSSR count). The first-order chi connectivity index (χ1) is 5.11. The molecule has 0 fully saturated rings. The molecule has 0 aromatic rings. The Morgan fingerprint density at radius 2 is 2.27 bits per heavy atom. The summed E-state index contributed by atoms with van der Waals surface area (Å²) in [6.45, 7) is 1.99. The first-order valence-electron chi connectivity index (χ1n) is 3.54. The summed E-state index contributed by atoms with van der Waals surface area (Å²) in [7, 11) is 0. The Hall–Kier alpha value is 0.170. The summed E-state index contributed by atoms with van der Waals surface area (Å²) in [6.07, 6.45) is 3.05. The third-order valence-electron chi connectivity index (χ3n) is 1.61. The molecule has 1 N–H and O–H groups in total. The van der Waals surface area contributed by atoms with Crippen LogP contribution in [0.3, 0.4) is 0 Å². The summed E-state index contributed by atoms with van der Waals surface area (Å²) in [5, 5.41) is 8.52. The number of carboxylic acids is 1. The Labute approximate surface area is 77.2 Å². The summed E-state index contributed by atoms with van der Waals surface area (Å²) < 4.78 is 0.149. The van der Waals surface area contributed by atoms with Gasteiger partial charge in [-0.1, -0.05) is 13.3 Å². The van der Waals surface area contributed by atoms with Crippen LogP contribution in [0, 0.1) is 5.92 Å². The highest BCUT2D eigenvalue weighted by Gasteiger charge is 2.17. The highest BCUT2D eigenvalue weighted by Crippen LogP contribution is 2.26. The van der Waals surface area contributed by atoms with E-state index in [0.717, 1.165) is 6.42 Å². The molecule has 2 atom stereocenters. The largest absolute Gasteiger partial charge is 0.481 e. The van der Waals surface area contributed by atoms with Gasteiger partial charge in [0, 0.05) is 6.42 Å². The minimum absolute atomic E-state index is 0.149. The smallest absolute Gasteiger partial charge is 0.303 e. The maximum Gasteiger partial charge on any atom is 0.303 e. The van der Waals surface area contributed by atoms with Crippen molar-refractivity contribution in [2.24, 2.45) is 5.92 Å². The molecule has 0 radical (unpaired) electrons. The minimum atomic E-state index is -0.732. The number of hydrogen-bond donors (Lipinski definition) is 2. The number of aliphatic carboxylic acids is 1. The minimum Gasteiger partial charge on any atom is -0.481 e. The molecule has 0 heterocycles. The zero-order chi connectivity index (χ0) is 8.85. The number of hydrogen-bond acceptors (Lipinski definition) is 3. The third-order valence-corrected chi connectivity index (χ3v) is 3.53. The summed E-state index contributed by atoms with van der Waals surface area (Å²) in [6, 6.07) is 0. The summed E-state index contributed by atoms with van der Waals surface area (Å²) in [5.74, 6) is -0.546. The maximum absolute atomic E-state index is 10.3. The summed E-state index contributed by atoms with van der Waals surface area (Å²) in [4.78, 5) is 10.3. The van der Waals surface area contributed by atoms with Crippen LogP contribution in [-0.4, -0.2) is 21.9 Å². The van der Waals surface area contributed by atoms with Crippen molar-refractivity contribution >= 4 is 30.4 Å². The number of carboxylic acid groups (broad SMARTS) is 1. The van der Waals surface area contributed by atoms with E-state index in [4.69, 9.17) is 5.11 Å². The van der Waals surface area contributed by atoms with E-state index in [0.29, 0.717) is 0 Å². The molecule has 66 valence electrons. The van der Waals surface area contributed by atoms with Crippen LogP contribution in [-0.2, 0) is 4.79 Å².